The maximum Gasteiger partial charge on any atom is 0.202 e. The molecule has 464 valence electrons. The van der Waals surface area contributed by atoms with Gasteiger partial charge in [0.15, 0.2) is 43.5 Å². The summed E-state index contributed by atoms with van der Waals surface area (Å²) in [4.78, 5) is 33.1. The van der Waals surface area contributed by atoms with E-state index in [2.05, 4.69) is 0 Å². The first-order valence-corrected chi connectivity index (χ1v) is 29.8. The molecule has 0 saturated carbocycles. The number of aromatic hydroxyl groups is 3. The molecule has 2 aromatic rings. The smallest absolute Gasteiger partial charge is 0.202 e. The zero-order valence-electron chi connectivity index (χ0n) is 49.5. The molecule has 7 N–H and O–H groups in total. The maximum atomic E-state index is 14.6. The predicted octanol–water partition coefficient (Wildman–Crippen LogP) is 4.70. The molecular formula is C60H88N2O21. The Kier molecular flexibility index (Phi) is 19.0. The molecule has 0 amide bonds. The third kappa shape index (κ3) is 12.5. The van der Waals surface area contributed by atoms with Gasteiger partial charge in [-0.15, -0.1) is 0 Å². The molecule has 23 nitrogen and oxygen atoms in total. The lowest BCUT2D eigenvalue weighted by Gasteiger charge is -2.51. The number of rotatable bonds is 15. The second-order valence-electron chi connectivity index (χ2n) is 24.7. The fourth-order valence-corrected chi connectivity index (χ4v) is 14.0. The molecule has 24 atom stereocenters. The Labute approximate surface area is 485 Å². The van der Waals surface area contributed by atoms with Crippen LogP contribution in [0, 0.1) is 0 Å². The lowest BCUT2D eigenvalue weighted by atomic mass is 9.70. The lowest BCUT2D eigenvalue weighted by Crippen LogP contribution is -2.59. The number of benzene rings is 2. The summed E-state index contributed by atoms with van der Waals surface area (Å²) in [7, 11) is 7.52. The van der Waals surface area contributed by atoms with Gasteiger partial charge in [0, 0.05) is 73.7 Å². The highest BCUT2D eigenvalue weighted by Gasteiger charge is 2.56. The van der Waals surface area contributed by atoms with Gasteiger partial charge < -0.3 is 102 Å². The number of hydrogen-bond acceptors (Lipinski definition) is 23. The van der Waals surface area contributed by atoms with Gasteiger partial charge in [-0.25, -0.2) is 0 Å². The van der Waals surface area contributed by atoms with Crippen LogP contribution in [0.4, 0.5) is 0 Å². The van der Waals surface area contributed by atoms with E-state index in [0.717, 1.165) is 0 Å². The summed E-state index contributed by atoms with van der Waals surface area (Å²) in [5, 5.41) is 81.2. The SMILES string of the molecule is CC[C@@]1(O)C[C@H](O[C@@H]2[C@H](C)O[C@@H](O[C@@H]3[C@H](C)O[C@@H](O[C@H]4CC[C@H](O)O[C@H]4C)C[C@@H]3O)C[C@@H]2N(C)C)c2c(O)c3c(c(O)c2[C@H]1O[C@@H]1[C@H](C)O[C@@H](O[C@H]2CC[C@H](O[C@H]4CC[C@H](O)O[C@H]4C)O[C@H]2C)C[C@@H]1N(C)C)C(=O)c1cccc(O)c1C3=O. The number of likely N-dealkylation sites (N-methyl/N-ethyl adjacent to an activating group) is 2. The van der Waals surface area contributed by atoms with Gasteiger partial charge in [0.2, 0.25) is 5.78 Å². The van der Waals surface area contributed by atoms with E-state index in [1.807, 2.05) is 65.7 Å². The number of hydrogen-bond donors (Lipinski definition) is 7. The van der Waals surface area contributed by atoms with Crippen LogP contribution >= 0.6 is 0 Å². The average Bonchev–Trinajstić information content (AvgIpc) is 1.00. The quantitative estimate of drug-likeness (QED) is 0.101. The number of carbonyl (C=O) groups is 2. The molecule has 6 fully saturated rings. The molecule has 2 aromatic carbocycles. The van der Waals surface area contributed by atoms with Crippen LogP contribution < -0.4 is 0 Å². The highest BCUT2D eigenvalue weighted by atomic mass is 16.7. The number of phenolic OH excluding ortho intramolecular Hbond substituents is 3. The number of nitrogens with zero attached hydrogens (tertiary/aromatic N) is 2. The second-order valence-corrected chi connectivity index (χ2v) is 24.7. The van der Waals surface area contributed by atoms with Crippen LogP contribution in [0.15, 0.2) is 18.2 Å². The third-order valence-electron chi connectivity index (χ3n) is 18.6. The fourth-order valence-electron chi connectivity index (χ4n) is 14.0. The second kappa shape index (κ2) is 25.3. The van der Waals surface area contributed by atoms with Gasteiger partial charge in [-0.3, -0.25) is 9.59 Å². The number of ketones is 2. The number of fused-ring (bicyclic) bond motifs is 3. The van der Waals surface area contributed by atoms with E-state index in [1.54, 1.807) is 20.8 Å². The monoisotopic (exact) mass is 1170 g/mol. The lowest BCUT2D eigenvalue weighted by molar-refractivity contribution is -0.325. The van der Waals surface area contributed by atoms with Crippen LogP contribution in [0.1, 0.15) is 174 Å². The largest absolute Gasteiger partial charge is 0.507 e. The summed E-state index contributed by atoms with van der Waals surface area (Å²) in [5.41, 5.74) is -3.59. The van der Waals surface area contributed by atoms with Crippen molar-refractivity contribution in [1.82, 2.24) is 9.80 Å². The van der Waals surface area contributed by atoms with Crippen molar-refractivity contribution in [2.75, 3.05) is 28.2 Å². The van der Waals surface area contributed by atoms with E-state index < -0.39 is 150 Å². The third-order valence-corrected chi connectivity index (χ3v) is 18.6. The van der Waals surface area contributed by atoms with Crippen molar-refractivity contribution in [3.8, 4) is 17.2 Å². The van der Waals surface area contributed by atoms with E-state index in [1.165, 1.54) is 18.2 Å². The van der Waals surface area contributed by atoms with Crippen molar-refractivity contribution < 1.29 is 102 Å². The Morgan fingerprint density at radius 2 is 1.00 bits per heavy atom. The molecule has 0 radical (unpaired) electrons. The molecule has 8 aliphatic rings. The number of carbonyl (C=O) groups excluding carboxylic acids is 2. The van der Waals surface area contributed by atoms with Crippen molar-refractivity contribution in [2.45, 2.75) is 266 Å². The Morgan fingerprint density at radius 1 is 0.530 bits per heavy atom. The first kappa shape index (κ1) is 62.5. The normalized spacial score (nSPS) is 42.3. The van der Waals surface area contributed by atoms with Gasteiger partial charge in [-0.1, -0.05) is 19.1 Å². The van der Waals surface area contributed by atoms with Crippen molar-refractivity contribution in [1.29, 1.82) is 0 Å². The Bertz CT molecular complexity index is 2610. The first-order valence-electron chi connectivity index (χ1n) is 29.8. The fraction of sp³-hybridized carbons (Fsp3) is 0.767. The van der Waals surface area contributed by atoms with E-state index >= 15 is 0 Å². The summed E-state index contributed by atoms with van der Waals surface area (Å²) in [5.74, 6) is -3.55. The molecular weight excluding hydrogens is 1080 g/mol. The molecule has 83 heavy (non-hydrogen) atoms. The standard InChI is InChI=1S/C60H88N2O21/c1-12-60(71)25-40(81-56-29(5)76-45(23-33(56)61(8)9)82-58-31(7)77-46(24-36(58)64)80-38-17-20-42(66)73-27(38)3)48-51(55(70)49-50(54(48)69)53(68)47-32(52(49)67)14-13-15-35(47)63)59(60)83-57-30(6)75-44(22-34(57)62(10)11)79-39-18-21-43(74-28(39)4)78-37-16-19-41(65)72-26(37)2/h13-15,26-31,33-34,36-46,56-59,63-66,69-71H,12,16-25H2,1-11H3/t26-,27-,28-,29-,30-,31-,33-,34-,36-,37-,38-,39-,40-,41+,42+,43-,44-,45-,46-,56+,57+,58+,59+,60+/m0/s1. The van der Waals surface area contributed by atoms with E-state index in [9.17, 15) is 45.3 Å². The maximum absolute atomic E-state index is 14.6. The minimum Gasteiger partial charge on any atom is -0.507 e. The highest BCUT2D eigenvalue weighted by Crippen LogP contribution is 2.58. The molecule has 23 heteroatoms. The Morgan fingerprint density at radius 3 is 1.53 bits per heavy atom. The summed E-state index contributed by atoms with van der Waals surface area (Å²) < 4.78 is 76.9. The van der Waals surface area contributed by atoms with Gasteiger partial charge in [-0.2, -0.15) is 0 Å². The van der Waals surface area contributed by atoms with Crippen molar-refractivity contribution in [3.05, 3.63) is 51.6 Å². The topological polar surface area (TPSA) is 293 Å². The molecule has 0 aromatic heterocycles. The van der Waals surface area contributed by atoms with Crippen LogP contribution in [-0.4, -0.2) is 220 Å². The first-order chi connectivity index (χ1) is 39.4. The van der Waals surface area contributed by atoms with Gasteiger partial charge in [-0.05, 0) is 101 Å². The molecule has 2 aliphatic carbocycles. The van der Waals surface area contributed by atoms with Crippen LogP contribution in [0.25, 0.3) is 0 Å². The Balaban J connectivity index is 0.906. The predicted molar refractivity (Wildman–Crippen MR) is 292 cm³/mol. The number of aliphatic hydroxyl groups is 4. The van der Waals surface area contributed by atoms with Crippen molar-refractivity contribution in [3.63, 3.8) is 0 Å². The summed E-state index contributed by atoms with van der Waals surface area (Å²) in [6, 6.07) is 3.16. The van der Waals surface area contributed by atoms with Gasteiger partial charge in [0.05, 0.1) is 95.5 Å². The zero-order chi connectivity index (χ0) is 59.7. The molecule has 6 heterocycles. The Hall–Kier alpha value is -3.54. The summed E-state index contributed by atoms with van der Waals surface area (Å²) >= 11 is 0. The minimum atomic E-state index is -1.86. The molecule has 6 saturated heterocycles. The average molecular weight is 1170 g/mol. The molecule has 0 spiro atoms. The van der Waals surface area contributed by atoms with Crippen LogP contribution in [0.5, 0.6) is 17.2 Å². The summed E-state index contributed by atoms with van der Waals surface area (Å²) in [6.45, 7) is 12.8. The summed E-state index contributed by atoms with van der Waals surface area (Å²) in [6.07, 6.45) is -10.8. The van der Waals surface area contributed by atoms with Crippen molar-refractivity contribution >= 4 is 11.6 Å². The van der Waals surface area contributed by atoms with Crippen LogP contribution in [0.3, 0.4) is 0 Å². The highest BCUT2D eigenvalue weighted by molar-refractivity contribution is 6.31. The number of ether oxygens (including phenoxy) is 12. The number of phenols is 3. The molecule has 10 rings (SSSR count). The van der Waals surface area contributed by atoms with Crippen LogP contribution in [0.2, 0.25) is 0 Å². The van der Waals surface area contributed by atoms with Crippen molar-refractivity contribution in [2.24, 2.45) is 0 Å². The van der Waals surface area contributed by atoms with Gasteiger partial charge >= 0.3 is 0 Å². The van der Waals surface area contributed by atoms with Crippen LogP contribution in [-0.2, 0) is 56.8 Å². The molecule has 0 bridgehead atoms. The van der Waals surface area contributed by atoms with Gasteiger partial charge in [0.25, 0.3) is 0 Å². The van der Waals surface area contributed by atoms with Gasteiger partial charge in [0.1, 0.15) is 35.6 Å². The number of aliphatic hydroxyl groups excluding tert-OH is 3. The molecule has 6 aliphatic heterocycles. The minimum absolute atomic E-state index is 0.0350. The van der Waals surface area contributed by atoms with E-state index in [4.69, 9.17) is 56.8 Å². The molecule has 0 unspecified atom stereocenters. The van der Waals surface area contributed by atoms with E-state index in [-0.39, 0.29) is 84.6 Å². The van der Waals surface area contributed by atoms with E-state index in [0.29, 0.717) is 44.9 Å². The zero-order valence-corrected chi connectivity index (χ0v) is 49.5.